The quantitative estimate of drug-likeness (QED) is 0.636. The lowest BCUT2D eigenvalue weighted by Crippen LogP contribution is -2.33. The minimum Gasteiger partial charge on any atom is -0.368 e. The molecule has 0 spiro atoms. The number of nitrogens with zero attached hydrogens (tertiary/aromatic N) is 1. The smallest absolute Gasteiger partial charge is 0.255 e. The molecule has 4 N–H and O–H groups in total. The van der Waals surface area contributed by atoms with Crippen molar-refractivity contribution in [1.29, 1.82) is 0 Å². The van der Waals surface area contributed by atoms with E-state index in [1.807, 2.05) is 0 Å². The van der Waals surface area contributed by atoms with E-state index in [0.29, 0.717) is 29.9 Å². The van der Waals surface area contributed by atoms with Gasteiger partial charge in [-0.2, -0.15) is 0 Å². The molecule has 9 nitrogen and oxygen atoms in total. The maximum Gasteiger partial charge on any atom is 0.255 e. The molecule has 29 heavy (non-hydrogen) atoms. The predicted molar refractivity (Wildman–Crippen MR) is 108 cm³/mol. The lowest BCUT2D eigenvalue weighted by Gasteiger charge is -2.17. The first kappa shape index (κ1) is 20.3. The van der Waals surface area contributed by atoms with E-state index in [2.05, 4.69) is 10.6 Å². The number of hydrogen-bond donors (Lipinski definition) is 3. The van der Waals surface area contributed by atoms with E-state index in [4.69, 9.17) is 5.73 Å². The van der Waals surface area contributed by atoms with E-state index in [1.165, 1.54) is 16.4 Å². The molecule has 0 aromatic heterocycles. The Labute approximate surface area is 167 Å². The highest BCUT2D eigenvalue weighted by Crippen LogP contribution is 2.24. The molecule has 0 atom stereocenters. The molecule has 0 bridgehead atoms. The minimum absolute atomic E-state index is 0.124. The van der Waals surface area contributed by atoms with E-state index in [0.717, 1.165) is 0 Å². The van der Waals surface area contributed by atoms with Crippen molar-refractivity contribution >= 4 is 39.1 Å². The van der Waals surface area contributed by atoms with Crippen molar-refractivity contribution in [3.8, 4) is 0 Å². The Morgan fingerprint density at radius 1 is 1.00 bits per heavy atom. The Balaban J connectivity index is 1.68. The highest BCUT2D eigenvalue weighted by molar-refractivity contribution is 7.93. The number of carbonyl (C=O) groups excluding carboxylic acids is 3. The van der Waals surface area contributed by atoms with Crippen LogP contribution in [0, 0.1) is 0 Å². The van der Waals surface area contributed by atoms with E-state index in [-0.39, 0.29) is 17.9 Å². The summed E-state index contributed by atoms with van der Waals surface area (Å²) in [6.07, 6.45) is 0.577. The second kappa shape index (κ2) is 8.31. The number of carbonyl (C=O) groups is 3. The summed E-state index contributed by atoms with van der Waals surface area (Å²) < 4.78 is 25.3. The number of hydrogen-bond acceptors (Lipinski definition) is 5. The van der Waals surface area contributed by atoms with Gasteiger partial charge in [0.05, 0.1) is 18.0 Å². The SMILES string of the molecule is NC(=O)CNC(=O)c1cccc(NC(=O)c2ccc(N3CCCS3(=O)=O)cc2)c1. The number of nitrogens with one attached hydrogen (secondary N) is 2. The van der Waals surface area contributed by atoms with Gasteiger partial charge in [-0.1, -0.05) is 6.07 Å². The summed E-state index contributed by atoms with van der Waals surface area (Å²) in [5.41, 5.74) is 6.52. The first-order valence-corrected chi connectivity index (χ1v) is 10.5. The highest BCUT2D eigenvalue weighted by atomic mass is 32.2. The Hall–Kier alpha value is -3.40. The highest BCUT2D eigenvalue weighted by Gasteiger charge is 2.28. The van der Waals surface area contributed by atoms with Crippen molar-refractivity contribution in [3.05, 3.63) is 59.7 Å². The third kappa shape index (κ3) is 4.91. The summed E-state index contributed by atoms with van der Waals surface area (Å²) in [7, 11) is -3.28. The second-order valence-electron chi connectivity index (χ2n) is 6.47. The van der Waals surface area contributed by atoms with Crippen molar-refractivity contribution in [2.75, 3.05) is 28.5 Å². The topological polar surface area (TPSA) is 139 Å². The van der Waals surface area contributed by atoms with Gasteiger partial charge in [0.25, 0.3) is 11.8 Å². The molecule has 1 saturated heterocycles. The second-order valence-corrected chi connectivity index (χ2v) is 8.49. The van der Waals surface area contributed by atoms with Crippen LogP contribution in [0.2, 0.25) is 0 Å². The standard InChI is InChI=1S/C19H20N4O5S/c20-17(24)12-21-18(25)14-3-1-4-15(11-14)22-19(26)13-5-7-16(8-6-13)23-9-2-10-29(23,27)28/h1,3-8,11H,2,9-10,12H2,(H2,20,24)(H,21,25)(H,22,26). The fourth-order valence-corrected chi connectivity index (χ4v) is 4.48. The summed E-state index contributed by atoms with van der Waals surface area (Å²) in [5, 5.41) is 5.05. The Bertz CT molecular complexity index is 1050. The van der Waals surface area contributed by atoms with Crippen LogP contribution in [0.1, 0.15) is 27.1 Å². The van der Waals surface area contributed by atoms with Crippen LogP contribution >= 0.6 is 0 Å². The molecule has 1 heterocycles. The van der Waals surface area contributed by atoms with Crippen LogP contribution in [0.15, 0.2) is 48.5 Å². The van der Waals surface area contributed by atoms with Gasteiger partial charge in [-0.25, -0.2) is 8.42 Å². The van der Waals surface area contributed by atoms with Crippen LogP contribution < -0.4 is 20.7 Å². The van der Waals surface area contributed by atoms with Crippen molar-refractivity contribution in [1.82, 2.24) is 5.32 Å². The van der Waals surface area contributed by atoms with Crippen LogP contribution in [0.5, 0.6) is 0 Å². The van der Waals surface area contributed by atoms with Crippen LogP contribution in [0.4, 0.5) is 11.4 Å². The Morgan fingerprint density at radius 3 is 2.34 bits per heavy atom. The molecule has 1 fully saturated rings. The van der Waals surface area contributed by atoms with Gasteiger partial charge in [-0.15, -0.1) is 0 Å². The van der Waals surface area contributed by atoms with Gasteiger partial charge < -0.3 is 16.4 Å². The first-order valence-electron chi connectivity index (χ1n) is 8.85. The molecule has 0 unspecified atom stereocenters. The molecule has 3 rings (SSSR count). The molecule has 0 aliphatic carbocycles. The van der Waals surface area contributed by atoms with Crippen LogP contribution in [0.25, 0.3) is 0 Å². The number of amides is 3. The van der Waals surface area contributed by atoms with Gasteiger partial charge >= 0.3 is 0 Å². The third-order valence-corrected chi connectivity index (χ3v) is 6.19. The molecule has 0 saturated carbocycles. The average molecular weight is 416 g/mol. The maximum atomic E-state index is 12.5. The zero-order valence-corrected chi connectivity index (χ0v) is 16.2. The lowest BCUT2D eigenvalue weighted by molar-refractivity contribution is -0.117. The normalized spacial score (nSPS) is 15.0. The van der Waals surface area contributed by atoms with E-state index < -0.39 is 27.7 Å². The molecule has 3 amide bonds. The van der Waals surface area contributed by atoms with Gasteiger partial charge in [0.1, 0.15) is 0 Å². The zero-order chi connectivity index (χ0) is 21.0. The number of nitrogens with two attached hydrogens (primary N) is 1. The molecule has 1 aliphatic rings. The van der Waals surface area contributed by atoms with Crippen molar-refractivity contribution in [3.63, 3.8) is 0 Å². The van der Waals surface area contributed by atoms with Crippen LogP contribution in [-0.4, -0.2) is 45.0 Å². The molecular formula is C19H20N4O5S. The molecule has 2 aromatic carbocycles. The molecule has 1 aliphatic heterocycles. The molecule has 2 aromatic rings. The summed E-state index contributed by atoms with van der Waals surface area (Å²) in [5.74, 6) is -1.43. The fourth-order valence-electron chi connectivity index (χ4n) is 2.92. The average Bonchev–Trinajstić information content (AvgIpc) is 3.05. The lowest BCUT2D eigenvalue weighted by atomic mass is 10.1. The van der Waals surface area contributed by atoms with Crippen LogP contribution in [-0.2, 0) is 14.8 Å². The minimum atomic E-state index is -3.28. The summed E-state index contributed by atoms with van der Waals surface area (Å²) >= 11 is 0. The fraction of sp³-hybridized carbons (Fsp3) is 0.211. The van der Waals surface area contributed by atoms with Gasteiger partial charge in [0.2, 0.25) is 15.9 Å². The van der Waals surface area contributed by atoms with Gasteiger partial charge in [0.15, 0.2) is 0 Å². The molecule has 10 heteroatoms. The number of benzene rings is 2. The summed E-state index contributed by atoms with van der Waals surface area (Å²) in [4.78, 5) is 35.2. The molecule has 0 radical (unpaired) electrons. The molecule has 152 valence electrons. The molecular weight excluding hydrogens is 396 g/mol. The summed E-state index contributed by atoms with van der Waals surface area (Å²) in [6.45, 7) is 0.146. The Kier molecular flexibility index (Phi) is 5.83. The summed E-state index contributed by atoms with van der Waals surface area (Å²) in [6, 6.07) is 12.5. The largest absolute Gasteiger partial charge is 0.368 e. The van der Waals surface area contributed by atoms with E-state index in [1.54, 1.807) is 36.4 Å². The third-order valence-electron chi connectivity index (χ3n) is 4.32. The van der Waals surface area contributed by atoms with Crippen molar-refractivity contribution < 1.29 is 22.8 Å². The monoisotopic (exact) mass is 416 g/mol. The van der Waals surface area contributed by atoms with Crippen LogP contribution in [0.3, 0.4) is 0 Å². The van der Waals surface area contributed by atoms with E-state index in [9.17, 15) is 22.8 Å². The number of sulfonamides is 1. The van der Waals surface area contributed by atoms with Gasteiger partial charge in [-0.05, 0) is 48.9 Å². The zero-order valence-electron chi connectivity index (χ0n) is 15.4. The number of anilines is 2. The van der Waals surface area contributed by atoms with Crippen molar-refractivity contribution in [2.24, 2.45) is 5.73 Å². The predicted octanol–water partition coefficient (Wildman–Crippen LogP) is 0.694. The van der Waals surface area contributed by atoms with E-state index >= 15 is 0 Å². The Morgan fingerprint density at radius 2 is 1.72 bits per heavy atom. The van der Waals surface area contributed by atoms with Gasteiger partial charge in [-0.3, -0.25) is 18.7 Å². The van der Waals surface area contributed by atoms with Gasteiger partial charge in [0, 0.05) is 23.4 Å². The first-order chi connectivity index (χ1) is 13.8. The number of primary amides is 1. The van der Waals surface area contributed by atoms with Crippen molar-refractivity contribution in [2.45, 2.75) is 6.42 Å². The maximum absolute atomic E-state index is 12.5. The number of rotatable bonds is 6.